The van der Waals surface area contributed by atoms with E-state index in [1.54, 1.807) is 7.11 Å². The maximum Gasteiger partial charge on any atom is 0.124 e. The molecule has 18 heavy (non-hydrogen) atoms. The molecule has 0 saturated carbocycles. The van der Waals surface area contributed by atoms with Gasteiger partial charge >= 0.3 is 0 Å². The first-order valence-corrected chi connectivity index (χ1v) is 6.42. The molecule has 0 unspecified atom stereocenters. The van der Waals surface area contributed by atoms with Crippen molar-refractivity contribution < 1.29 is 4.74 Å². The second-order valence-corrected chi connectivity index (χ2v) is 5.52. The largest absolute Gasteiger partial charge is 0.496 e. The molecule has 3 nitrogen and oxygen atoms in total. The van der Waals surface area contributed by atoms with Gasteiger partial charge in [0.25, 0.3) is 0 Å². The normalized spacial score (nSPS) is 11.5. The molecule has 2 N–H and O–H groups in total. The third-order valence-electron chi connectivity index (χ3n) is 3.70. The van der Waals surface area contributed by atoms with Crippen molar-refractivity contribution in [2.75, 3.05) is 25.6 Å². The molecule has 0 fully saturated rings. The van der Waals surface area contributed by atoms with E-state index in [4.69, 9.17) is 10.5 Å². The highest BCUT2D eigenvalue weighted by atomic mass is 16.5. The van der Waals surface area contributed by atoms with Crippen LogP contribution in [0.25, 0.3) is 0 Å². The Kier molecular flexibility index (Phi) is 4.63. The number of nitrogens with two attached hydrogens (primary N) is 1. The van der Waals surface area contributed by atoms with Gasteiger partial charge in [0.1, 0.15) is 5.75 Å². The van der Waals surface area contributed by atoms with Crippen molar-refractivity contribution in [3.63, 3.8) is 0 Å². The number of hydrogen-bond acceptors (Lipinski definition) is 3. The Morgan fingerprint density at radius 1 is 1.22 bits per heavy atom. The third-order valence-corrected chi connectivity index (χ3v) is 3.70. The van der Waals surface area contributed by atoms with Gasteiger partial charge in [0, 0.05) is 18.3 Å². The van der Waals surface area contributed by atoms with Crippen LogP contribution in [0, 0.1) is 13.8 Å². The molecule has 0 spiro atoms. The van der Waals surface area contributed by atoms with E-state index < -0.39 is 0 Å². The van der Waals surface area contributed by atoms with Gasteiger partial charge in [-0.15, -0.1) is 0 Å². The monoisotopic (exact) mass is 250 g/mol. The summed E-state index contributed by atoms with van der Waals surface area (Å²) in [6, 6.07) is 4.34. The van der Waals surface area contributed by atoms with E-state index in [0.29, 0.717) is 6.54 Å². The Balaban J connectivity index is 3.11. The van der Waals surface area contributed by atoms with Crippen molar-refractivity contribution in [2.45, 2.75) is 39.7 Å². The van der Waals surface area contributed by atoms with E-state index in [9.17, 15) is 0 Å². The van der Waals surface area contributed by atoms with Crippen LogP contribution < -0.4 is 15.4 Å². The molecular formula is C15H26N2O. The quantitative estimate of drug-likeness (QED) is 0.873. The maximum absolute atomic E-state index is 5.69. The van der Waals surface area contributed by atoms with Gasteiger partial charge in [-0.3, -0.25) is 0 Å². The molecule has 1 aromatic carbocycles. The predicted octanol–water partition coefficient (Wildman–Crippen LogP) is 2.88. The lowest BCUT2D eigenvalue weighted by molar-refractivity contribution is 0.408. The standard InChI is InChI=1S/C15H26N2O/c1-11-9-13(10-12(2)14(11)18-6)17(5)15(3,4)7-8-16/h9-10H,7-8,16H2,1-6H3. The summed E-state index contributed by atoms with van der Waals surface area (Å²) in [4.78, 5) is 2.29. The van der Waals surface area contributed by atoms with Gasteiger partial charge in [0.2, 0.25) is 0 Å². The maximum atomic E-state index is 5.69. The molecule has 0 aliphatic rings. The fraction of sp³-hybridized carbons (Fsp3) is 0.600. The number of hydrogen-bond donors (Lipinski definition) is 1. The SMILES string of the molecule is COc1c(C)cc(N(C)C(C)(C)CCN)cc1C. The summed E-state index contributed by atoms with van der Waals surface area (Å²) in [5.74, 6) is 0.976. The number of rotatable bonds is 5. The zero-order valence-corrected chi connectivity index (χ0v) is 12.5. The summed E-state index contributed by atoms with van der Waals surface area (Å²) in [6.45, 7) is 9.30. The second-order valence-electron chi connectivity index (χ2n) is 5.52. The molecular weight excluding hydrogens is 224 g/mol. The number of aryl methyl sites for hydroxylation is 2. The summed E-state index contributed by atoms with van der Waals surface area (Å²) in [5, 5.41) is 0. The minimum atomic E-state index is 0.0578. The molecule has 0 heterocycles. The molecule has 0 aromatic heterocycles. The van der Waals surface area contributed by atoms with Crippen molar-refractivity contribution in [1.82, 2.24) is 0 Å². The fourth-order valence-electron chi connectivity index (χ4n) is 2.31. The molecule has 3 heteroatoms. The number of methoxy groups -OCH3 is 1. The van der Waals surface area contributed by atoms with E-state index in [-0.39, 0.29) is 5.54 Å². The summed E-state index contributed by atoms with van der Waals surface area (Å²) in [6.07, 6.45) is 0.966. The van der Waals surface area contributed by atoms with E-state index in [0.717, 1.165) is 12.2 Å². The predicted molar refractivity (Wildman–Crippen MR) is 78.6 cm³/mol. The zero-order valence-electron chi connectivity index (χ0n) is 12.5. The first-order chi connectivity index (χ1) is 8.33. The highest BCUT2D eigenvalue weighted by molar-refractivity contribution is 5.57. The Bertz CT molecular complexity index is 390. The van der Waals surface area contributed by atoms with Gasteiger partial charge in [-0.05, 0) is 63.9 Å². The number of ether oxygens (including phenoxy) is 1. The van der Waals surface area contributed by atoms with Crippen molar-refractivity contribution in [3.05, 3.63) is 23.3 Å². The van der Waals surface area contributed by atoms with E-state index in [2.05, 4.69) is 51.8 Å². The molecule has 1 aromatic rings. The highest BCUT2D eigenvalue weighted by Gasteiger charge is 2.23. The first kappa shape index (κ1) is 14.8. The molecule has 0 aliphatic heterocycles. The van der Waals surface area contributed by atoms with Gasteiger partial charge in [-0.2, -0.15) is 0 Å². The van der Waals surface area contributed by atoms with Crippen LogP contribution >= 0.6 is 0 Å². The first-order valence-electron chi connectivity index (χ1n) is 6.42. The van der Waals surface area contributed by atoms with Crippen LogP contribution in [0.2, 0.25) is 0 Å². The van der Waals surface area contributed by atoms with E-state index in [1.807, 2.05) is 0 Å². The van der Waals surface area contributed by atoms with Crippen LogP contribution in [0.4, 0.5) is 5.69 Å². The van der Waals surface area contributed by atoms with Gasteiger partial charge in [0.05, 0.1) is 7.11 Å². The van der Waals surface area contributed by atoms with Gasteiger partial charge in [0.15, 0.2) is 0 Å². The van der Waals surface area contributed by atoms with Crippen molar-refractivity contribution in [1.29, 1.82) is 0 Å². The average molecular weight is 250 g/mol. The lowest BCUT2D eigenvalue weighted by Gasteiger charge is -2.38. The topological polar surface area (TPSA) is 38.5 Å². The second kappa shape index (κ2) is 5.61. The lowest BCUT2D eigenvalue weighted by atomic mass is 9.97. The number of nitrogens with zero attached hydrogens (tertiary/aromatic N) is 1. The molecule has 0 atom stereocenters. The average Bonchev–Trinajstić information content (AvgIpc) is 2.27. The lowest BCUT2D eigenvalue weighted by Crippen LogP contribution is -2.42. The third kappa shape index (κ3) is 2.96. The molecule has 0 aliphatic carbocycles. The number of anilines is 1. The van der Waals surface area contributed by atoms with E-state index in [1.165, 1.54) is 16.8 Å². The van der Waals surface area contributed by atoms with Crippen LogP contribution in [-0.2, 0) is 0 Å². The van der Waals surface area contributed by atoms with Crippen LogP contribution in [0.3, 0.4) is 0 Å². The summed E-state index contributed by atoms with van der Waals surface area (Å²) in [7, 11) is 3.84. The minimum absolute atomic E-state index is 0.0578. The van der Waals surface area contributed by atoms with Crippen LogP contribution in [-0.4, -0.2) is 26.2 Å². The summed E-state index contributed by atoms with van der Waals surface area (Å²) in [5.41, 5.74) is 9.30. The molecule has 0 radical (unpaired) electrons. The van der Waals surface area contributed by atoms with Crippen LogP contribution in [0.15, 0.2) is 12.1 Å². The Hall–Kier alpha value is -1.22. The molecule has 0 bridgehead atoms. The molecule has 0 saturated heterocycles. The van der Waals surface area contributed by atoms with Crippen LogP contribution in [0.5, 0.6) is 5.75 Å². The van der Waals surface area contributed by atoms with Crippen molar-refractivity contribution in [3.8, 4) is 5.75 Å². The Morgan fingerprint density at radius 2 is 1.72 bits per heavy atom. The van der Waals surface area contributed by atoms with E-state index >= 15 is 0 Å². The van der Waals surface area contributed by atoms with Gasteiger partial charge in [-0.25, -0.2) is 0 Å². The minimum Gasteiger partial charge on any atom is -0.496 e. The van der Waals surface area contributed by atoms with Gasteiger partial charge in [-0.1, -0.05) is 0 Å². The molecule has 102 valence electrons. The zero-order chi connectivity index (χ0) is 13.9. The molecule has 0 amide bonds. The highest BCUT2D eigenvalue weighted by Crippen LogP contribution is 2.31. The summed E-state index contributed by atoms with van der Waals surface area (Å²) < 4.78 is 5.41. The van der Waals surface area contributed by atoms with Crippen molar-refractivity contribution >= 4 is 5.69 Å². The Labute approximate surface area is 111 Å². The smallest absolute Gasteiger partial charge is 0.124 e. The van der Waals surface area contributed by atoms with Gasteiger partial charge < -0.3 is 15.4 Å². The Morgan fingerprint density at radius 3 is 2.11 bits per heavy atom. The van der Waals surface area contributed by atoms with Crippen molar-refractivity contribution in [2.24, 2.45) is 5.73 Å². The molecule has 1 rings (SSSR count). The van der Waals surface area contributed by atoms with Crippen LogP contribution in [0.1, 0.15) is 31.4 Å². The number of benzene rings is 1. The fourth-order valence-corrected chi connectivity index (χ4v) is 2.31. The summed E-state index contributed by atoms with van der Waals surface area (Å²) >= 11 is 0.